The SMILES string of the molecule is O=C(Nc1cccc(OCc2cccnc2)c1)c1nn(-c2ccccc2)c(=O)c2ccccc12. The van der Waals surface area contributed by atoms with Gasteiger partial charge in [0.25, 0.3) is 11.5 Å². The second-order valence-electron chi connectivity index (χ2n) is 7.58. The topological polar surface area (TPSA) is 86.1 Å². The average Bonchev–Trinajstić information content (AvgIpc) is 2.89. The smallest absolute Gasteiger partial charge is 0.279 e. The van der Waals surface area contributed by atoms with Crippen LogP contribution >= 0.6 is 0 Å². The third-order valence-corrected chi connectivity index (χ3v) is 5.24. The number of benzene rings is 3. The molecule has 5 rings (SSSR count). The van der Waals surface area contributed by atoms with E-state index in [1.807, 2.05) is 36.4 Å². The van der Waals surface area contributed by atoms with Crippen molar-refractivity contribution in [3.05, 3.63) is 125 Å². The van der Waals surface area contributed by atoms with E-state index in [4.69, 9.17) is 4.74 Å². The van der Waals surface area contributed by atoms with Gasteiger partial charge in [0.05, 0.1) is 11.1 Å². The lowest BCUT2D eigenvalue weighted by atomic mass is 10.1. The van der Waals surface area contributed by atoms with Gasteiger partial charge >= 0.3 is 0 Å². The Bertz CT molecular complexity index is 1520. The molecule has 2 aromatic heterocycles. The minimum absolute atomic E-state index is 0.153. The number of carbonyl (C=O) groups is 1. The number of para-hydroxylation sites is 1. The minimum atomic E-state index is -0.426. The lowest BCUT2D eigenvalue weighted by Crippen LogP contribution is -2.26. The lowest BCUT2D eigenvalue weighted by molar-refractivity contribution is 0.102. The molecular formula is C27H20N4O3. The van der Waals surface area contributed by atoms with Gasteiger partial charge in [-0.3, -0.25) is 14.6 Å². The van der Waals surface area contributed by atoms with E-state index in [2.05, 4.69) is 15.4 Å². The predicted octanol–water partition coefficient (Wildman–Crippen LogP) is 4.61. The maximum atomic E-state index is 13.3. The highest BCUT2D eigenvalue weighted by Gasteiger charge is 2.18. The van der Waals surface area contributed by atoms with Gasteiger partial charge in [-0.2, -0.15) is 9.78 Å². The number of nitrogens with zero attached hydrogens (tertiary/aromatic N) is 3. The molecule has 0 aliphatic carbocycles. The molecule has 5 aromatic rings. The first-order valence-electron chi connectivity index (χ1n) is 10.7. The fourth-order valence-electron chi connectivity index (χ4n) is 3.61. The predicted molar refractivity (Wildman–Crippen MR) is 130 cm³/mol. The summed E-state index contributed by atoms with van der Waals surface area (Å²) in [6.45, 7) is 0.361. The summed E-state index contributed by atoms with van der Waals surface area (Å²) in [7, 11) is 0. The normalized spacial score (nSPS) is 10.7. The van der Waals surface area contributed by atoms with Gasteiger partial charge in [-0.15, -0.1) is 0 Å². The van der Waals surface area contributed by atoms with Crippen molar-refractivity contribution in [1.29, 1.82) is 0 Å². The molecule has 0 spiro atoms. The molecule has 2 heterocycles. The summed E-state index contributed by atoms with van der Waals surface area (Å²) in [4.78, 5) is 30.4. The van der Waals surface area contributed by atoms with Crippen LogP contribution in [0.25, 0.3) is 16.5 Å². The highest BCUT2D eigenvalue weighted by atomic mass is 16.5. The van der Waals surface area contributed by atoms with Crippen LogP contribution in [0.1, 0.15) is 16.1 Å². The number of amides is 1. The van der Waals surface area contributed by atoms with Gasteiger partial charge in [0.1, 0.15) is 12.4 Å². The first-order valence-corrected chi connectivity index (χ1v) is 10.7. The van der Waals surface area contributed by atoms with Crippen molar-refractivity contribution in [2.75, 3.05) is 5.32 Å². The van der Waals surface area contributed by atoms with Crippen molar-refractivity contribution in [1.82, 2.24) is 14.8 Å². The van der Waals surface area contributed by atoms with E-state index in [1.165, 1.54) is 4.68 Å². The Kier molecular flexibility index (Phi) is 5.82. The standard InChI is InChI=1S/C27H20N4O3/c32-26(29-20-9-6-12-22(16-20)34-18-19-8-7-15-28-17-19)25-23-13-4-5-14-24(23)27(33)31(30-25)21-10-2-1-3-11-21/h1-17H,18H2,(H,29,32). The molecule has 0 radical (unpaired) electrons. The molecule has 0 unspecified atom stereocenters. The minimum Gasteiger partial charge on any atom is -0.489 e. The van der Waals surface area contributed by atoms with Gasteiger partial charge < -0.3 is 10.1 Å². The highest BCUT2D eigenvalue weighted by Crippen LogP contribution is 2.21. The maximum Gasteiger partial charge on any atom is 0.279 e. The van der Waals surface area contributed by atoms with Crippen molar-refractivity contribution in [3.8, 4) is 11.4 Å². The van der Waals surface area contributed by atoms with E-state index in [1.54, 1.807) is 67.0 Å². The number of aromatic nitrogens is 3. The summed E-state index contributed by atoms with van der Waals surface area (Å²) in [6.07, 6.45) is 3.45. The number of nitrogens with one attached hydrogen (secondary N) is 1. The molecule has 166 valence electrons. The van der Waals surface area contributed by atoms with Gasteiger partial charge in [-0.25, -0.2) is 0 Å². The summed E-state index contributed by atoms with van der Waals surface area (Å²) < 4.78 is 7.09. The van der Waals surface area contributed by atoms with E-state index in [-0.39, 0.29) is 11.3 Å². The Morgan fingerprint density at radius 2 is 1.68 bits per heavy atom. The summed E-state index contributed by atoms with van der Waals surface area (Å²) >= 11 is 0. The zero-order valence-corrected chi connectivity index (χ0v) is 18.1. The Morgan fingerprint density at radius 3 is 2.47 bits per heavy atom. The van der Waals surface area contributed by atoms with Crippen LogP contribution in [0.5, 0.6) is 5.75 Å². The molecule has 0 aliphatic heterocycles. The van der Waals surface area contributed by atoms with Crippen molar-refractivity contribution in [3.63, 3.8) is 0 Å². The maximum absolute atomic E-state index is 13.3. The van der Waals surface area contributed by atoms with E-state index in [9.17, 15) is 9.59 Å². The van der Waals surface area contributed by atoms with Crippen LogP contribution in [0.3, 0.4) is 0 Å². The number of fused-ring (bicyclic) bond motifs is 1. The summed E-state index contributed by atoms with van der Waals surface area (Å²) in [6, 6.07) is 26.9. The Balaban J connectivity index is 1.45. The number of pyridine rings is 1. The number of hydrogen-bond donors (Lipinski definition) is 1. The molecule has 34 heavy (non-hydrogen) atoms. The van der Waals surface area contributed by atoms with Crippen LogP contribution in [0.2, 0.25) is 0 Å². The van der Waals surface area contributed by atoms with E-state index < -0.39 is 5.91 Å². The fourth-order valence-corrected chi connectivity index (χ4v) is 3.61. The number of hydrogen-bond acceptors (Lipinski definition) is 5. The zero-order chi connectivity index (χ0) is 23.3. The monoisotopic (exact) mass is 448 g/mol. The summed E-state index contributed by atoms with van der Waals surface area (Å²) in [5.41, 5.74) is 1.94. The fraction of sp³-hybridized carbons (Fsp3) is 0.0370. The largest absolute Gasteiger partial charge is 0.489 e. The molecule has 0 atom stereocenters. The third kappa shape index (κ3) is 4.40. The van der Waals surface area contributed by atoms with Crippen molar-refractivity contribution < 1.29 is 9.53 Å². The molecule has 3 aromatic carbocycles. The van der Waals surface area contributed by atoms with Gasteiger partial charge in [0, 0.05) is 35.1 Å². The first kappa shape index (κ1) is 21.1. The number of anilines is 1. The van der Waals surface area contributed by atoms with Crippen LogP contribution < -0.4 is 15.6 Å². The lowest BCUT2D eigenvalue weighted by Gasteiger charge is -2.12. The number of rotatable bonds is 6. The quantitative estimate of drug-likeness (QED) is 0.410. The van der Waals surface area contributed by atoms with Crippen molar-refractivity contribution in [2.24, 2.45) is 0 Å². The Hall–Kier alpha value is -4.78. The van der Waals surface area contributed by atoms with Crippen LogP contribution in [-0.4, -0.2) is 20.7 Å². The molecule has 0 saturated carbocycles. The molecule has 0 bridgehead atoms. The van der Waals surface area contributed by atoms with Crippen LogP contribution in [0.15, 0.2) is 108 Å². The molecular weight excluding hydrogens is 428 g/mol. The number of ether oxygens (including phenoxy) is 1. The molecule has 1 amide bonds. The molecule has 0 saturated heterocycles. The van der Waals surface area contributed by atoms with E-state index in [0.29, 0.717) is 34.5 Å². The second kappa shape index (κ2) is 9.38. The van der Waals surface area contributed by atoms with E-state index >= 15 is 0 Å². The average molecular weight is 448 g/mol. The van der Waals surface area contributed by atoms with Gasteiger partial charge in [-0.05, 0) is 36.4 Å². The van der Waals surface area contributed by atoms with Crippen LogP contribution in [0.4, 0.5) is 5.69 Å². The van der Waals surface area contributed by atoms with Crippen molar-refractivity contribution in [2.45, 2.75) is 6.61 Å². The van der Waals surface area contributed by atoms with Gasteiger partial charge in [-0.1, -0.05) is 48.5 Å². The molecule has 0 fully saturated rings. The second-order valence-corrected chi connectivity index (χ2v) is 7.58. The number of carbonyl (C=O) groups excluding carboxylic acids is 1. The molecule has 7 heteroatoms. The zero-order valence-electron chi connectivity index (χ0n) is 18.1. The van der Waals surface area contributed by atoms with Crippen molar-refractivity contribution >= 4 is 22.4 Å². The van der Waals surface area contributed by atoms with Crippen LogP contribution in [-0.2, 0) is 6.61 Å². The Labute approximate surface area is 195 Å². The summed E-state index contributed by atoms with van der Waals surface area (Å²) in [5, 5.41) is 8.20. The molecule has 7 nitrogen and oxygen atoms in total. The van der Waals surface area contributed by atoms with Gasteiger partial charge in [0.15, 0.2) is 5.69 Å². The molecule has 0 aliphatic rings. The first-order chi connectivity index (χ1) is 16.7. The Morgan fingerprint density at radius 1 is 0.882 bits per heavy atom. The summed E-state index contributed by atoms with van der Waals surface area (Å²) in [5.74, 6) is 0.180. The van der Waals surface area contributed by atoms with Gasteiger partial charge in [0.2, 0.25) is 0 Å². The van der Waals surface area contributed by atoms with Crippen LogP contribution in [0, 0.1) is 0 Å². The molecule has 1 N–H and O–H groups in total. The third-order valence-electron chi connectivity index (χ3n) is 5.24. The highest BCUT2D eigenvalue weighted by molar-refractivity contribution is 6.11. The van der Waals surface area contributed by atoms with E-state index in [0.717, 1.165) is 5.56 Å².